The largest absolute Gasteiger partial charge is 0.455 e. The Labute approximate surface area is 183 Å². The Morgan fingerprint density at radius 1 is 0.967 bits per heavy atom. The van der Waals surface area contributed by atoms with E-state index in [1.807, 2.05) is 36.4 Å². The highest BCUT2D eigenvalue weighted by Crippen LogP contribution is 2.38. The molecule has 0 saturated heterocycles. The molecular weight excluding hydrogens is 366 g/mol. The zero-order chi connectivity index (χ0) is 24.4. The van der Waals surface area contributed by atoms with Crippen LogP contribution in [0.15, 0.2) is 71.3 Å². The predicted molar refractivity (Wildman–Crippen MR) is 125 cm³/mol. The summed E-state index contributed by atoms with van der Waals surface area (Å²) >= 11 is 0. The molecule has 0 atom stereocenters. The molecule has 0 N–H and O–H groups in total. The van der Waals surface area contributed by atoms with Crippen LogP contribution in [0.2, 0.25) is 0 Å². The molecule has 0 bridgehead atoms. The van der Waals surface area contributed by atoms with E-state index in [1.165, 1.54) is 6.20 Å². The Bertz CT molecular complexity index is 1580. The van der Waals surface area contributed by atoms with Crippen molar-refractivity contribution in [1.29, 1.82) is 0 Å². The fraction of sp³-hybridized carbons (Fsp3) is 0.250. The van der Waals surface area contributed by atoms with Gasteiger partial charge in [0.05, 0.1) is 5.69 Å². The summed E-state index contributed by atoms with van der Waals surface area (Å²) in [5.74, 6) is -0.202. The van der Waals surface area contributed by atoms with Crippen LogP contribution >= 0.6 is 0 Å². The fourth-order valence-corrected chi connectivity index (χ4v) is 4.74. The quantitative estimate of drug-likeness (QED) is 0.310. The first kappa shape index (κ1) is 13.2. The Morgan fingerprint density at radius 2 is 1.80 bits per heavy atom. The van der Waals surface area contributed by atoms with Gasteiger partial charge in [-0.1, -0.05) is 68.1 Å². The highest BCUT2D eigenvalue weighted by Gasteiger charge is 2.19. The first-order chi connectivity index (χ1) is 16.7. The van der Waals surface area contributed by atoms with Gasteiger partial charge >= 0.3 is 0 Å². The van der Waals surface area contributed by atoms with Crippen LogP contribution in [-0.4, -0.2) is 4.98 Å². The maximum atomic E-state index is 8.95. The molecule has 2 nitrogen and oxygen atoms in total. The number of hydrogen-bond donors (Lipinski definition) is 0. The van der Waals surface area contributed by atoms with E-state index in [0.29, 0.717) is 11.3 Å². The topological polar surface area (TPSA) is 26.0 Å². The number of furan rings is 1. The van der Waals surface area contributed by atoms with Crippen LogP contribution in [0.25, 0.3) is 44.0 Å². The molecule has 1 fully saturated rings. The van der Waals surface area contributed by atoms with Gasteiger partial charge in [0.1, 0.15) is 11.2 Å². The average molecular weight is 397 g/mol. The molecule has 0 amide bonds. The van der Waals surface area contributed by atoms with E-state index in [4.69, 9.17) is 11.3 Å². The number of para-hydroxylation sites is 1. The zero-order valence-electron chi connectivity index (χ0n) is 21.6. The van der Waals surface area contributed by atoms with E-state index in [2.05, 4.69) is 23.2 Å². The van der Waals surface area contributed by atoms with E-state index >= 15 is 0 Å². The fourth-order valence-electron chi connectivity index (χ4n) is 4.74. The summed E-state index contributed by atoms with van der Waals surface area (Å²) in [4.78, 5) is 4.51. The van der Waals surface area contributed by atoms with E-state index in [0.717, 1.165) is 58.4 Å². The van der Waals surface area contributed by atoms with Crippen molar-refractivity contribution in [2.75, 3.05) is 0 Å². The summed E-state index contributed by atoms with van der Waals surface area (Å²) in [5, 5.41) is 4.07. The lowest BCUT2D eigenvalue weighted by Gasteiger charge is -2.13. The summed E-state index contributed by atoms with van der Waals surface area (Å²) in [5.41, 5.74) is 2.91. The molecule has 6 rings (SSSR count). The number of pyridine rings is 1. The molecule has 0 radical (unpaired) electrons. The number of hydrogen-bond acceptors (Lipinski definition) is 2. The monoisotopic (exact) mass is 396 g/mol. The molecule has 2 heterocycles. The minimum absolute atomic E-state index is 0.0130. The molecule has 2 aromatic heterocycles. The first-order valence-electron chi connectivity index (χ1n) is 13.1. The van der Waals surface area contributed by atoms with Gasteiger partial charge < -0.3 is 4.42 Å². The lowest BCUT2D eigenvalue weighted by molar-refractivity contribution is 0.545. The summed E-state index contributed by atoms with van der Waals surface area (Å²) in [7, 11) is 0. The molecule has 0 unspecified atom stereocenters. The number of aromatic nitrogens is 1. The number of fused-ring (bicyclic) bond motifs is 5. The number of benzene rings is 3. The molecule has 1 saturated carbocycles. The second-order valence-electron chi connectivity index (χ2n) is 8.19. The Kier molecular flexibility index (Phi) is 3.08. The summed E-state index contributed by atoms with van der Waals surface area (Å²) in [6.45, 7) is -2.45. The Hall–Kier alpha value is -3.13. The summed E-state index contributed by atoms with van der Waals surface area (Å²) in [6.07, 6.45) is 3.04. The molecule has 2 heteroatoms. The van der Waals surface area contributed by atoms with Crippen LogP contribution in [-0.2, 0) is 6.37 Å². The van der Waals surface area contributed by atoms with Crippen LogP contribution in [0, 0.1) is 12.8 Å². The number of nitrogens with zero attached hydrogens (tertiary/aromatic N) is 1. The molecule has 3 aromatic carbocycles. The highest BCUT2D eigenvalue weighted by atomic mass is 16.3. The Morgan fingerprint density at radius 3 is 2.70 bits per heavy atom. The summed E-state index contributed by atoms with van der Waals surface area (Å²) in [6, 6.07) is 19.7. The molecule has 0 aliphatic heterocycles. The third kappa shape index (κ3) is 2.82. The van der Waals surface area contributed by atoms with E-state index < -0.39 is 13.2 Å². The van der Waals surface area contributed by atoms with Gasteiger partial charge in [-0.3, -0.25) is 4.98 Å². The SMILES string of the molecule is [2H]C([2H])([2H])c1cnc(-c2cccc3c2oc2c4ccccc4ccc32)cc1C([2H])([2H])C1CCCC1. The number of rotatable bonds is 3. The van der Waals surface area contributed by atoms with Crippen LogP contribution in [0.4, 0.5) is 0 Å². The molecule has 0 spiro atoms. The van der Waals surface area contributed by atoms with Crippen molar-refractivity contribution in [3.05, 3.63) is 78.0 Å². The minimum atomic E-state index is -2.45. The minimum Gasteiger partial charge on any atom is -0.455 e. The highest BCUT2D eigenvalue weighted by molar-refractivity contribution is 6.17. The van der Waals surface area contributed by atoms with Crippen LogP contribution in [0.1, 0.15) is 43.7 Å². The van der Waals surface area contributed by atoms with Crippen LogP contribution < -0.4 is 0 Å². The first-order valence-corrected chi connectivity index (χ1v) is 10.6. The average Bonchev–Trinajstić information content (AvgIpc) is 3.52. The van der Waals surface area contributed by atoms with Gasteiger partial charge in [-0.2, -0.15) is 0 Å². The number of aryl methyl sites for hydroxylation is 1. The molecule has 1 aliphatic carbocycles. The van der Waals surface area contributed by atoms with Gasteiger partial charge in [-0.15, -0.1) is 0 Å². The third-order valence-corrected chi connectivity index (χ3v) is 6.28. The second kappa shape index (κ2) is 6.98. The van der Waals surface area contributed by atoms with Crippen molar-refractivity contribution in [3.63, 3.8) is 0 Å². The smallest absolute Gasteiger partial charge is 0.144 e. The van der Waals surface area contributed by atoms with E-state index in [9.17, 15) is 0 Å². The van der Waals surface area contributed by atoms with Crippen molar-refractivity contribution < 1.29 is 11.3 Å². The van der Waals surface area contributed by atoms with Crippen molar-refractivity contribution in [2.45, 2.75) is 38.9 Å². The van der Waals surface area contributed by atoms with Gasteiger partial charge in [0, 0.05) is 34.8 Å². The predicted octanol–water partition coefficient (Wildman–Crippen LogP) is 7.84. The van der Waals surface area contributed by atoms with Crippen molar-refractivity contribution >= 4 is 32.7 Å². The van der Waals surface area contributed by atoms with Gasteiger partial charge in [-0.25, -0.2) is 0 Å². The molecule has 30 heavy (non-hydrogen) atoms. The van der Waals surface area contributed by atoms with Gasteiger partial charge in [-0.05, 0) is 53.9 Å². The van der Waals surface area contributed by atoms with Crippen molar-refractivity contribution in [3.8, 4) is 11.3 Å². The molecule has 5 aromatic rings. The van der Waals surface area contributed by atoms with Crippen LogP contribution in [0.5, 0.6) is 0 Å². The van der Waals surface area contributed by atoms with Gasteiger partial charge in [0.2, 0.25) is 0 Å². The maximum Gasteiger partial charge on any atom is 0.144 e. The molecule has 148 valence electrons. The normalized spacial score (nSPS) is 18.3. The second-order valence-corrected chi connectivity index (χ2v) is 8.19. The van der Waals surface area contributed by atoms with Crippen molar-refractivity contribution in [1.82, 2.24) is 4.98 Å². The zero-order valence-corrected chi connectivity index (χ0v) is 16.6. The third-order valence-electron chi connectivity index (χ3n) is 6.28. The standard InChI is InChI=1S/C28H25NO/c1-18-17-29-26(16-21(18)15-19-7-2-3-8-19)25-12-6-11-23-24-14-13-20-9-4-5-10-22(20)27(24)30-28(23)25/h4-6,9-14,16-17,19H,2-3,7-8,15H2,1H3/i1D3,15D2. The van der Waals surface area contributed by atoms with Gasteiger partial charge in [0.25, 0.3) is 0 Å². The van der Waals surface area contributed by atoms with E-state index in [1.54, 1.807) is 6.07 Å². The Balaban J connectivity index is 1.59. The summed E-state index contributed by atoms with van der Waals surface area (Å²) < 4.78 is 48.4. The maximum absolute atomic E-state index is 8.95. The van der Waals surface area contributed by atoms with E-state index in [-0.39, 0.29) is 17.0 Å². The van der Waals surface area contributed by atoms with Gasteiger partial charge in [0.15, 0.2) is 0 Å². The molecular formula is C28H25NO. The molecule has 1 aliphatic rings. The van der Waals surface area contributed by atoms with Crippen LogP contribution in [0.3, 0.4) is 0 Å². The van der Waals surface area contributed by atoms with Crippen molar-refractivity contribution in [2.24, 2.45) is 5.92 Å². The lowest BCUT2D eigenvalue weighted by atomic mass is 9.94. The lowest BCUT2D eigenvalue weighted by Crippen LogP contribution is -2.02.